The van der Waals surface area contributed by atoms with Gasteiger partial charge in [0.25, 0.3) is 0 Å². The smallest absolute Gasteiger partial charge is 0.223 e. The minimum Gasteiger partial charge on any atom is -0.425 e. The van der Waals surface area contributed by atoms with E-state index in [0.717, 1.165) is 25.7 Å². The lowest BCUT2D eigenvalue weighted by Crippen LogP contribution is -2.34. The van der Waals surface area contributed by atoms with Crippen molar-refractivity contribution in [1.82, 2.24) is 20.4 Å². The van der Waals surface area contributed by atoms with Gasteiger partial charge < -0.3 is 14.6 Å². The molecule has 0 atom stereocenters. The van der Waals surface area contributed by atoms with Gasteiger partial charge in [-0.3, -0.25) is 9.59 Å². The Labute approximate surface area is 159 Å². The van der Waals surface area contributed by atoms with Gasteiger partial charge in [0.15, 0.2) is 0 Å². The second kappa shape index (κ2) is 9.85. The highest BCUT2D eigenvalue weighted by molar-refractivity contribution is 5.80. The van der Waals surface area contributed by atoms with Crippen LogP contribution in [-0.2, 0) is 28.9 Å². The molecule has 2 heterocycles. The van der Waals surface area contributed by atoms with Gasteiger partial charge in [0.1, 0.15) is 0 Å². The Morgan fingerprint density at radius 2 is 1.78 bits per heavy atom. The van der Waals surface area contributed by atoms with Crippen LogP contribution in [0.5, 0.6) is 0 Å². The molecule has 1 aromatic heterocycles. The van der Waals surface area contributed by atoms with Gasteiger partial charge in [-0.25, -0.2) is 0 Å². The van der Waals surface area contributed by atoms with Crippen LogP contribution in [0.3, 0.4) is 0 Å². The van der Waals surface area contributed by atoms with Crippen molar-refractivity contribution in [2.75, 3.05) is 19.6 Å². The number of unbranched alkanes of at least 4 members (excludes halogenated alkanes) is 1. The lowest BCUT2D eigenvalue weighted by molar-refractivity contribution is -0.131. The number of hydrogen-bond acceptors (Lipinski definition) is 5. The van der Waals surface area contributed by atoms with E-state index < -0.39 is 0 Å². The van der Waals surface area contributed by atoms with Crippen LogP contribution < -0.4 is 5.32 Å². The molecule has 1 fully saturated rings. The summed E-state index contributed by atoms with van der Waals surface area (Å²) in [6.07, 6.45) is 4.99. The van der Waals surface area contributed by atoms with E-state index in [1.807, 2.05) is 6.07 Å². The van der Waals surface area contributed by atoms with Gasteiger partial charge in [0, 0.05) is 45.3 Å². The normalized spacial score (nSPS) is 14.7. The zero-order valence-corrected chi connectivity index (χ0v) is 15.5. The van der Waals surface area contributed by atoms with Crippen molar-refractivity contribution >= 4 is 11.8 Å². The summed E-state index contributed by atoms with van der Waals surface area (Å²) >= 11 is 0. The maximum Gasteiger partial charge on any atom is 0.223 e. The second-order valence-electron chi connectivity index (χ2n) is 6.76. The van der Waals surface area contributed by atoms with Gasteiger partial charge in [0.05, 0.1) is 0 Å². The minimum atomic E-state index is -0.000827. The Hall–Kier alpha value is -2.70. The molecule has 0 radical (unpaired) electrons. The zero-order valence-electron chi connectivity index (χ0n) is 15.5. The first kappa shape index (κ1) is 19.1. The van der Waals surface area contributed by atoms with Crippen molar-refractivity contribution in [2.24, 2.45) is 0 Å². The number of carbonyl (C=O) groups excluding carboxylic acids is 2. The summed E-state index contributed by atoms with van der Waals surface area (Å²) < 4.78 is 5.66. The zero-order chi connectivity index (χ0) is 18.9. The van der Waals surface area contributed by atoms with Gasteiger partial charge in [-0.15, -0.1) is 10.2 Å². The number of nitrogens with one attached hydrogen (secondary N) is 1. The van der Waals surface area contributed by atoms with Crippen LogP contribution in [0, 0.1) is 0 Å². The lowest BCUT2D eigenvalue weighted by Gasteiger charge is -2.18. The number of aryl methyl sites for hydroxylation is 3. The fourth-order valence-corrected chi connectivity index (χ4v) is 3.13. The van der Waals surface area contributed by atoms with Crippen LogP contribution in [0.4, 0.5) is 0 Å². The van der Waals surface area contributed by atoms with Crippen LogP contribution >= 0.6 is 0 Å². The van der Waals surface area contributed by atoms with Crippen LogP contribution in [0.25, 0.3) is 0 Å². The summed E-state index contributed by atoms with van der Waals surface area (Å²) in [5, 5.41) is 10.9. The molecule has 2 aromatic rings. The Bertz CT molecular complexity index is 745. The standard InChI is InChI=1S/C20H26N4O3/c25-17-12-14-24(15-13-21-17)20(26)11-10-19-23-22-18(27-19)9-5-4-8-16-6-2-1-3-7-16/h1-3,6-7H,4-5,8-15H2,(H,21,25). The summed E-state index contributed by atoms with van der Waals surface area (Å²) in [5.74, 6) is 1.16. The van der Waals surface area contributed by atoms with Crippen LogP contribution in [-0.4, -0.2) is 46.5 Å². The van der Waals surface area contributed by atoms with E-state index in [2.05, 4.69) is 39.8 Å². The van der Waals surface area contributed by atoms with Crippen molar-refractivity contribution in [3.05, 3.63) is 47.7 Å². The highest BCUT2D eigenvalue weighted by Crippen LogP contribution is 2.10. The molecule has 1 aliphatic rings. The van der Waals surface area contributed by atoms with Crippen LogP contribution in [0.15, 0.2) is 34.7 Å². The molecule has 2 amide bonds. The molecule has 0 saturated carbocycles. The molecular weight excluding hydrogens is 344 g/mol. The van der Waals surface area contributed by atoms with Crippen LogP contribution in [0.1, 0.15) is 43.0 Å². The molecule has 0 spiro atoms. The fourth-order valence-electron chi connectivity index (χ4n) is 3.13. The van der Waals surface area contributed by atoms with E-state index >= 15 is 0 Å². The summed E-state index contributed by atoms with van der Waals surface area (Å²) in [6.45, 7) is 1.54. The minimum absolute atomic E-state index is 0.000827. The largest absolute Gasteiger partial charge is 0.425 e. The summed E-state index contributed by atoms with van der Waals surface area (Å²) in [4.78, 5) is 25.3. The molecule has 3 rings (SSSR count). The van der Waals surface area contributed by atoms with Crippen molar-refractivity contribution in [1.29, 1.82) is 0 Å². The number of rotatable bonds is 8. The third-order valence-electron chi connectivity index (χ3n) is 4.68. The van der Waals surface area contributed by atoms with Gasteiger partial charge in [-0.05, 0) is 24.8 Å². The number of benzene rings is 1. The van der Waals surface area contributed by atoms with Gasteiger partial charge in [0.2, 0.25) is 23.6 Å². The number of nitrogens with zero attached hydrogens (tertiary/aromatic N) is 3. The predicted molar refractivity (Wildman–Crippen MR) is 99.9 cm³/mol. The highest BCUT2D eigenvalue weighted by Gasteiger charge is 2.19. The van der Waals surface area contributed by atoms with Crippen molar-refractivity contribution in [2.45, 2.75) is 44.9 Å². The van der Waals surface area contributed by atoms with E-state index in [4.69, 9.17) is 4.42 Å². The molecule has 1 saturated heterocycles. The molecule has 1 N–H and O–H groups in total. The first-order valence-corrected chi connectivity index (χ1v) is 9.60. The Morgan fingerprint density at radius 3 is 2.59 bits per heavy atom. The lowest BCUT2D eigenvalue weighted by atomic mass is 10.1. The van der Waals surface area contributed by atoms with E-state index in [1.165, 1.54) is 5.56 Å². The van der Waals surface area contributed by atoms with Gasteiger partial charge in [-0.1, -0.05) is 30.3 Å². The SMILES string of the molecule is O=C1CCN(C(=O)CCc2nnc(CCCCc3ccccc3)o2)CCN1. The molecule has 0 aliphatic carbocycles. The van der Waals surface area contributed by atoms with E-state index in [-0.39, 0.29) is 11.8 Å². The molecule has 0 bridgehead atoms. The molecule has 144 valence electrons. The van der Waals surface area contributed by atoms with Crippen molar-refractivity contribution in [3.63, 3.8) is 0 Å². The van der Waals surface area contributed by atoms with E-state index in [9.17, 15) is 9.59 Å². The first-order valence-electron chi connectivity index (χ1n) is 9.60. The van der Waals surface area contributed by atoms with E-state index in [1.54, 1.807) is 4.90 Å². The predicted octanol–water partition coefficient (Wildman–Crippen LogP) is 1.92. The molecule has 27 heavy (non-hydrogen) atoms. The van der Waals surface area contributed by atoms with Gasteiger partial charge >= 0.3 is 0 Å². The summed E-state index contributed by atoms with van der Waals surface area (Å²) in [7, 11) is 0. The monoisotopic (exact) mass is 370 g/mol. The third-order valence-corrected chi connectivity index (χ3v) is 4.68. The average molecular weight is 370 g/mol. The molecular formula is C20H26N4O3. The van der Waals surface area contributed by atoms with Gasteiger partial charge in [-0.2, -0.15) is 0 Å². The Balaban J connectivity index is 1.36. The molecule has 0 unspecified atom stereocenters. The number of carbonyl (C=O) groups is 2. The number of amides is 2. The van der Waals surface area contributed by atoms with Crippen molar-refractivity contribution < 1.29 is 14.0 Å². The second-order valence-corrected chi connectivity index (χ2v) is 6.76. The first-order chi connectivity index (χ1) is 13.2. The fraction of sp³-hybridized carbons (Fsp3) is 0.500. The maximum absolute atomic E-state index is 12.3. The summed E-state index contributed by atoms with van der Waals surface area (Å²) in [6, 6.07) is 10.4. The van der Waals surface area contributed by atoms with Crippen LogP contribution in [0.2, 0.25) is 0 Å². The Morgan fingerprint density at radius 1 is 1.04 bits per heavy atom. The number of aromatic nitrogens is 2. The third kappa shape index (κ3) is 6.20. The topological polar surface area (TPSA) is 88.3 Å². The average Bonchev–Trinajstić information content (AvgIpc) is 3.03. The van der Waals surface area contributed by atoms with Crippen molar-refractivity contribution in [3.8, 4) is 0 Å². The molecule has 7 heteroatoms. The molecule has 1 aromatic carbocycles. The van der Waals surface area contributed by atoms with E-state index in [0.29, 0.717) is 50.7 Å². The molecule has 1 aliphatic heterocycles. The Kier molecular flexibility index (Phi) is 6.96. The summed E-state index contributed by atoms with van der Waals surface area (Å²) in [5.41, 5.74) is 1.34. The number of hydrogen-bond donors (Lipinski definition) is 1. The maximum atomic E-state index is 12.3. The highest BCUT2D eigenvalue weighted by atomic mass is 16.4. The quantitative estimate of drug-likeness (QED) is 0.717. The molecule has 7 nitrogen and oxygen atoms in total.